The largest absolute Gasteiger partial charge is 0.510 e. The van der Waals surface area contributed by atoms with Crippen molar-refractivity contribution in [3.8, 4) is 6.07 Å². The molecular weight excluding hydrogens is 410 g/mol. The lowest BCUT2D eigenvalue weighted by atomic mass is 10.1. The Bertz CT molecular complexity index is 1130. The molecule has 8 nitrogen and oxygen atoms in total. The molecule has 160 valence electrons. The number of nitrogens with zero attached hydrogens (tertiary/aromatic N) is 6. The summed E-state index contributed by atoms with van der Waals surface area (Å²) in [6, 6.07) is 10.1. The fourth-order valence-electron chi connectivity index (χ4n) is 4.03. The number of aromatic nitrogens is 5. The maximum atomic E-state index is 10.9. The first kappa shape index (κ1) is 19.9. The Labute approximate surface area is 185 Å². The van der Waals surface area contributed by atoms with Crippen molar-refractivity contribution in [2.45, 2.75) is 55.5 Å². The van der Waals surface area contributed by atoms with Crippen LogP contribution in [0.25, 0.3) is 16.6 Å². The number of piperidine rings is 1. The Morgan fingerprint density at radius 2 is 2.00 bits per heavy atom. The van der Waals surface area contributed by atoms with Crippen LogP contribution >= 0.6 is 11.8 Å². The first-order chi connectivity index (χ1) is 15.2. The number of benzene rings is 1. The summed E-state index contributed by atoms with van der Waals surface area (Å²) < 4.78 is 2.23. The van der Waals surface area contributed by atoms with E-state index in [1.165, 1.54) is 31.0 Å². The summed E-state index contributed by atoms with van der Waals surface area (Å²) in [7, 11) is 0. The van der Waals surface area contributed by atoms with Crippen LogP contribution in [0, 0.1) is 11.3 Å². The number of hydrogen-bond acceptors (Lipinski definition) is 7. The molecule has 1 aromatic carbocycles. The van der Waals surface area contributed by atoms with E-state index in [0.717, 1.165) is 48.1 Å². The van der Waals surface area contributed by atoms with Crippen LogP contribution < -0.4 is 4.90 Å². The van der Waals surface area contributed by atoms with Crippen LogP contribution in [0.1, 0.15) is 50.9 Å². The van der Waals surface area contributed by atoms with Gasteiger partial charge < -0.3 is 15.0 Å². The third-order valence-corrected chi connectivity index (χ3v) is 6.92. The van der Waals surface area contributed by atoms with Crippen molar-refractivity contribution in [2.24, 2.45) is 0 Å². The second-order valence-corrected chi connectivity index (χ2v) is 9.47. The predicted molar refractivity (Wildman–Crippen MR) is 121 cm³/mol. The van der Waals surface area contributed by atoms with Crippen molar-refractivity contribution >= 4 is 34.3 Å². The Morgan fingerprint density at radius 1 is 1.23 bits per heavy atom. The van der Waals surface area contributed by atoms with Crippen molar-refractivity contribution in [3.63, 3.8) is 0 Å². The molecule has 0 spiro atoms. The lowest BCUT2D eigenvalue weighted by Crippen LogP contribution is -2.32. The molecule has 2 aliphatic rings. The lowest BCUT2D eigenvalue weighted by molar-refractivity contribution is 0.401. The molecule has 1 aliphatic carbocycles. The molecule has 1 saturated carbocycles. The summed E-state index contributed by atoms with van der Waals surface area (Å²) >= 11 is 1.44. The van der Waals surface area contributed by atoms with Crippen molar-refractivity contribution in [3.05, 3.63) is 35.8 Å². The van der Waals surface area contributed by atoms with Gasteiger partial charge in [0.05, 0.1) is 16.3 Å². The van der Waals surface area contributed by atoms with Crippen molar-refractivity contribution in [1.29, 1.82) is 5.26 Å². The number of aliphatic hydroxyl groups is 1. The maximum Gasteiger partial charge on any atom is 0.228 e. The molecule has 1 aliphatic heterocycles. The molecule has 1 unspecified atom stereocenters. The van der Waals surface area contributed by atoms with Crippen LogP contribution in [0.15, 0.2) is 35.2 Å². The van der Waals surface area contributed by atoms with Gasteiger partial charge in [-0.25, -0.2) is 4.98 Å². The number of nitriles is 1. The Balaban J connectivity index is 1.43. The van der Waals surface area contributed by atoms with Gasteiger partial charge in [0.15, 0.2) is 11.0 Å². The van der Waals surface area contributed by atoms with Gasteiger partial charge in [-0.2, -0.15) is 5.26 Å². The highest BCUT2D eigenvalue weighted by Crippen LogP contribution is 2.42. The van der Waals surface area contributed by atoms with E-state index in [1.807, 2.05) is 31.2 Å². The van der Waals surface area contributed by atoms with E-state index < -0.39 is 0 Å². The third-order valence-electron chi connectivity index (χ3n) is 5.86. The van der Waals surface area contributed by atoms with Crippen LogP contribution in [-0.4, -0.2) is 48.2 Å². The highest BCUT2D eigenvalue weighted by atomic mass is 32.2. The molecule has 1 atom stereocenters. The number of nitrogens with one attached hydrogen (secondary N) is 1. The highest BCUT2D eigenvalue weighted by molar-refractivity contribution is 7.99. The molecule has 3 heterocycles. The van der Waals surface area contributed by atoms with Gasteiger partial charge in [-0.3, -0.25) is 4.57 Å². The number of aliphatic hydroxyl groups excluding tert-OH is 1. The standard InChI is InChI=1S/C22H25N7OS/c1-14(19(30)16(13-23)20-24-17-7-3-4-8-18(17)25-20)31-22-27-26-21(29(22)15-9-10-15)28-11-5-2-6-12-28/h3-4,7-8,14-15,30H,2,5-6,9-12H2,1H3,(H,24,25)/b19-16-. The molecule has 1 saturated heterocycles. The van der Waals surface area contributed by atoms with Gasteiger partial charge in [0.2, 0.25) is 5.95 Å². The van der Waals surface area contributed by atoms with Gasteiger partial charge in [-0.1, -0.05) is 23.9 Å². The van der Waals surface area contributed by atoms with Crippen molar-refractivity contribution < 1.29 is 5.11 Å². The molecule has 2 N–H and O–H groups in total. The first-order valence-electron chi connectivity index (χ1n) is 10.8. The van der Waals surface area contributed by atoms with Crippen molar-refractivity contribution in [2.75, 3.05) is 18.0 Å². The van der Waals surface area contributed by atoms with Crippen LogP contribution in [0.2, 0.25) is 0 Å². The summed E-state index contributed by atoms with van der Waals surface area (Å²) in [6.07, 6.45) is 5.90. The monoisotopic (exact) mass is 435 g/mol. The van der Waals surface area contributed by atoms with E-state index in [1.54, 1.807) is 0 Å². The zero-order valence-electron chi connectivity index (χ0n) is 17.5. The molecule has 2 fully saturated rings. The van der Waals surface area contributed by atoms with Gasteiger partial charge in [0.25, 0.3) is 0 Å². The van der Waals surface area contributed by atoms with E-state index in [-0.39, 0.29) is 16.6 Å². The van der Waals surface area contributed by atoms with E-state index in [0.29, 0.717) is 11.9 Å². The highest BCUT2D eigenvalue weighted by Gasteiger charge is 2.33. The van der Waals surface area contributed by atoms with Gasteiger partial charge >= 0.3 is 0 Å². The van der Waals surface area contributed by atoms with Crippen LogP contribution in [0.3, 0.4) is 0 Å². The minimum atomic E-state index is -0.362. The number of thioether (sulfide) groups is 1. The quantitative estimate of drug-likeness (QED) is 0.334. The average molecular weight is 436 g/mol. The maximum absolute atomic E-state index is 10.9. The van der Waals surface area contributed by atoms with E-state index in [2.05, 4.69) is 35.7 Å². The Kier molecular flexibility index (Phi) is 5.32. The molecule has 2 aromatic heterocycles. The number of hydrogen-bond donors (Lipinski definition) is 2. The molecule has 5 rings (SSSR count). The molecule has 9 heteroatoms. The van der Waals surface area contributed by atoms with Crippen LogP contribution in [-0.2, 0) is 0 Å². The summed E-state index contributed by atoms with van der Waals surface area (Å²) in [5.41, 5.74) is 1.75. The number of imidazole rings is 1. The third kappa shape index (κ3) is 3.88. The van der Waals surface area contributed by atoms with E-state index >= 15 is 0 Å². The molecule has 0 bridgehead atoms. The predicted octanol–water partition coefficient (Wildman–Crippen LogP) is 4.45. The normalized spacial score (nSPS) is 18.6. The Morgan fingerprint density at radius 3 is 2.71 bits per heavy atom. The number of para-hydroxylation sites is 2. The number of rotatable bonds is 6. The molecule has 0 radical (unpaired) electrons. The number of H-pyrrole nitrogens is 1. The number of aromatic amines is 1. The summed E-state index contributed by atoms with van der Waals surface area (Å²) in [6.45, 7) is 3.91. The second kappa shape index (κ2) is 8.27. The van der Waals surface area contributed by atoms with Gasteiger partial charge in [0.1, 0.15) is 17.4 Å². The minimum Gasteiger partial charge on any atom is -0.510 e. The summed E-state index contributed by atoms with van der Waals surface area (Å²) in [5.74, 6) is 1.32. The lowest BCUT2D eigenvalue weighted by Gasteiger charge is -2.28. The zero-order valence-corrected chi connectivity index (χ0v) is 18.3. The SMILES string of the molecule is CC(Sc1nnc(N2CCCCC2)n1C1CC1)/C(O)=C(\C#N)c1nc2ccccc2[nH]1. The smallest absolute Gasteiger partial charge is 0.228 e. The Hall–Kier alpha value is -2.99. The van der Waals surface area contributed by atoms with E-state index in [4.69, 9.17) is 0 Å². The minimum absolute atomic E-state index is 0.00331. The average Bonchev–Trinajstić information content (AvgIpc) is 3.41. The summed E-state index contributed by atoms with van der Waals surface area (Å²) in [4.78, 5) is 9.93. The molecule has 0 amide bonds. The van der Waals surface area contributed by atoms with Crippen LogP contribution in [0.5, 0.6) is 0 Å². The fraction of sp³-hybridized carbons (Fsp3) is 0.455. The van der Waals surface area contributed by atoms with Crippen LogP contribution in [0.4, 0.5) is 5.95 Å². The molecular formula is C22H25N7OS. The summed E-state index contributed by atoms with van der Waals surface area (Å²) in [5, 5.41) is 30.1. The first-order valence-corrected chi connectivity index (χ1v) is 11.7. The number of allylic oxidation sites excluding steroid dienone is 1. The van der Waals surface area contributed by atoms with Crippen molar-refractivity contribution in [1.82, 2.24) is 24.7 Å². The topological polar surface area (TPSA) is 107 Å². The fourth-order valence-corrected chi connectivity index (χ4v) is 5.01. The van der Waals surface area contributed by atoms with E-state index in [9.17, 15) is 10.4 Å². The molecule has 31 heavy (non-hydrogen) atoms. The van der Waals surface area contributed by atoms with Gasteiger partial charge in [-0.05, 0) is 51.2 Å². The number of fused-ring (bicyclic) bond motifs is 1. The van der Waals surface area contributed by atoms with Gasteiger partial charge in [-0.15, -0.1) is 10.2 Å². The molecule has 3 aromatic rings. The number of anilines is 1. The second-order valence-electron chi connectivity index (χ2n) is 8.17. The van der Waals surface area contributed by atoms with Gasteiger partial charge in [0, 0.05) is 19.1 Å². The zero-order chi connectivity index (χ0) is 21.4.